The highest BCUT2D eigenvalue weighted by molar-refractivity contribution is 9.10. The van der Waals surface area contributed by atoms with E-state index in [1.165, 1.54) is 0 Å². The molecule has 17 heavy (non-hydrogen) atoms. The lowest BCUT2D eigenvalue weighted by atomic mass is 10.0. The van der Waals surface area contributed by atoms with Gasteiger partial charge in [-0.2, -0.15) is 0 Å². The van der Waals surface area contributed by atoms with Crippen molar-refractivity contribution >= 4 is 27.5 Å². The molecule has 0 amide bonds. The average Bonchev–Trinajstić information content (AvgIpc) is 2.35. The Kier molecular flexibility index (Phi) is 6.09. The fourth-order valence-corrected chi connectivity index (χ4v) is 2.45. The molecule has 1 N–H and O–H groups in total. The molecule has 0 saturated heterocycles. The lowest BCUT2D eigenvalue weighted by Gasteiger charge is -2.17. The van der Waals surface area contributed by atoms with Crippen molar-refractivity contribution in [2.24, 2.45) is 0 Å². The number of hydrogen-bond acceptors (Lipinski definition) is 3. The van der Waals surface area contributed by atoms with Gasteiger partial charge in [-0.25, -0.2) is 0 Å². The molecule has 1 rings (SSSR count). The van der Waals surface area contributed by atoms with Crippen LogP contribution in [0.25, 0.3) is 0 Å². The van der Waals surface area contributed by atoms with Crippen LogP contribution in [0.5, 0.6) is 11.5 Å². The summed E-state index contributed by atoms with van der Waals surface area (Å²) in [5.74, 6) is 1.82. The molecule has 0 aromatic heterocycles. The Balaban J connectivity index is 3.03. The third kappa shape index (κ3) is 3.50. The first kappa shape index (κ1) is 14.6. The molecule has 1 aromatic carbocycles. The fourth-order valence-electron chi connectivity index (χ4n) is 1.61. The first-order valence-corrected chi connectivity index (χ1v) is 6.62. The largest absolute Gasteiger partial charge is 0.495 e. The lowest BCUT2D eigenvalue weighted by molar-refractivity contribution is 0.162. The second kappa shape index (κ2) is 7.09. The van der Waals surface area contributed by atoms with Crippen LogP contribution in [0.1, 0.15) is 24.5 Å². The van der Waals surface area contributed by atoms with E-state index in [2.05, 4.69) is 15.9 Å². The summed E-state index contributed by atoms with van der Waals surface area (Å²) in [6.07, 6.45) is 0.791. The van der Waals surface area contributed by atoms with Crippen molar-refractivity contribution in [3.05, 3.63) is 22.2 Å². The molecule has 1 unspecified atom stereocenters. The van der Waals surface area contributed by atoms with Crippen LogP contribution >= 0.6 is 27.5 Å². The molecule has 0 fully saturated rings. The molecule has 1 aromatic rings. The zero-order valence-corrected chi connectivity index (χ0v) is 12.2. The van der Waals surface area contributed by atoms with E-state index in [-0.39, 0.29) is 0 Å². The third-order valence-corrected chi connectivity index (χ3v) is 3.50. The summed E-state index contributed by atoms with van der Waals surface area (Å²) in [5, 5.41) is 10.1. The predicted molar refractivity (Wildman–Crippen MR) is 72.2 cm³/mol. The first-order chi connectivity index (χ1) is 8.15. The SMILES string of the molecule is COc1ccc(C(O)CCCCl)c(OC)c1Br. The summed E-state index contributed by atoms with van der Waals surface area (Å²) in [6, 6.07) is 3.60. The Hall–Kier alpha value is -0.450. The van der Waals surface area contributed by atoms with Gasteiger partial charge in [-0.3, -0.25) is 0 Å². The van der Waals surface area contributed by atoms with Crippen molar-refractivity contribution in [1.29, 1.82) is 0 Å². The van der Waals surface area contributed by atoms with Crippen molar-refractivity contribution < 1.29 is 14.6 Å². The Morgan fingerprint density at radius 1 is 1.35 bits per heavy atom. The van der Waals surface area contributed by atoms with Gasteiger partial charge in [0.05, 0.1) is 20.3 Å². The number of halogens is 2. The molecule has 0 heterocycles. The van der Waals surface area contributed by atoms with E-state index in [1.54, 1.807) is 26.4 Å². The highest BCUT2D eigenvalue weighted by Gasteiger charge is 2.18. The summed E-state index contributed by atoms with van der Waals surface area (Å²) in [6.45, 7) is 0. The molecule has 0 aliphatic heterocycles. The van der Waals surface area contributed by atoms with E-state index in [0.717, 1.165) is 12.0 Å². The average molecular weight is 324 g/mol. The van der Waals surface area contributed by atoms with Crippen LogP contribution in [0.3, 0.4) is 0 Å². The Morgan fingerprint density at radius 3 is 2.59 bits per heavy atom. The number of aliphatic hydroxyl groups is 1. The summed E-state index contributed by atoms with van der Waals surface area (Å²) in [7, 11) is 3.15. The van der Waals surface area contributed by atoms with Gasteiger partial charge in [0.25, 0.3) is 0 Å². The second-order valence-corrected chi connectivity index (χ2v) is 4.72. The molecule has 96 valence electrons. The Labute approximate surface area is 115 Å². The van der Waals surface area contributed by atoms with E-state index >= 15 is 0 Å². The minimum absolute atomic E-state index is 0.538. The van der Waals surface area contributed by atoms with E-state index in [1.807, 2.05) is 0 Å². The monoisotopic (exact) mass is 322 g/mol. The van der Waals surface area contributed by atoms with Crippen molar-refractivity contribution in [3.8, 4) is 11.5 Å². The maximum absolute atomic E-state index is 10.1. The van der Waals surface area contributed by atoms with Crippen LogP contribution in [-0.2, 0) is 0 Å². The van der Waals surface area contributed by atoms with Gasteiger partial charge in [0, 0.05) is 11.4 Å². The van der Waals surface area contributed by atoms with E-state index in [9.17, 15) is 5.11 Å². The lowest BCUT2D eigenvalue weighted by Crippen LogP contribution is -2.02. The summed E-state index contributed by atoms with van der Waals surface area (Å²) in [4.78, 5) is 0. The van der Waals surface area contributed by atoms with Crippen LogP contribution in [0, 0.1) is 0 Å². The molecule has 0 spiro atoms. The normalized spacial score (nSPS) is 12.3. The van der Waals surface area contributed by atoms with Gasteiger partial charge in [-0.15, -0.1) is 11.6 Å². The molecule has 0 saturated carbocycles. The molecular formula is C12H16BrClO3. The van der Waals surface area contributed by atoms with Crippen LogP contribution in [0.4, 0.5) is 0 Å². The predicted octanol–water partition coefficient (Wildman–Crippen LogP) is 3.52. The van der Waals surface area contributed by atoms with Gasteiger partial charge in [0.1, 0.15) is 16.0 Å². The van der Waals surface area contributed by atoms with Crippen molar-refractivity contribution in [1.82, 2.24) is 0 Å². The smallest absolute Gasteiger partial charge is 0.142 e. The topological polar surface area (TPSA) is 38.7 Å². The number of hydrogen-bond donors (Lipinski definition) is 1. The minimum atomic E-state index is -0.578. The number of aliphatic hydroxyl groups excluding tert-OH is 1. The third-order valence-electron chi connectivity index (χ3n) is 2.49. The quantitative estimate of drug-likeness (QED) is 0.814. The highest BCUT2D eigenvalue weighted by Crippen LogP contribution is 2.40. The number of rotatable bonds is 6. The Morgan fingerprint density at radius 2 is 2.06 bits per heavy atom. The number of methoxy groups -OCH3 is 2. The number of ether oxygens (including phenoxy) is 2. The van der Waals surface area contributed by atoms with Gasteiger partial charge in [0.2, 0.25) is 0 Å². The van der Waals surface area contributed by atoms with E-state index in [4.69, 9.17) is 21.1 Å². The van der Waals surface area contributed by atoms with Crippen LogP contribution < -0.4 is 9.47 Å². The molecule has 0 aliphatic carbocycles. The van der Waals surface area contributed by atoms with Crippen molar-refractivity contribution in [2.75, 3.05) is 20.1 Å². The minimum Gasteiger partial charge on any atom is -0.495 e. The van der Waals surface area contributed by atoms with Gasteiger partial charge >= 0.3 is 0 Å². The molecule has 1 atom stereocenters. The fraction of sp³-hybridized carbons (Fsp3) is 0.500. The number of alkyl halides is 1. The maximum atomic E-state index is 10.1. The zero-order chi connectivity index (χ0) is 12.8. The molecule has 0 bridgehead atoms. The standard InChI is InChI=1S/C12H16BrClO3/c1-16-10-6-5-8(9(15)4-3-7-14)12(17-2)11(10)13/h5-6,9,15H,3-4,7H2,1-2H3. The van der Waals surface area contributed by atoms with Crippen LogP contribution in [-0.4, -0.2) is 25.2 Å². The van der Waals surface area contributed by atoms with Crippen molar-refractivity contribution in [2.45, 2.75) is 18.9 Å². The summed E-state index contributed by atoms with van der Waals surface area (Å²) in [5.41, 5.74) is 0.741. The summed E-state index contributed by atoms with van der Waals surface area (Å²) < 4.78 is 11.2. The Bertz CT molecular complexity index is 371. The van der Waals surface area contributed by atoms with E-state index in [0.29, 0.717) is 28.3 Å². The van der Waals surface area contributed by atoms with Crippen LogP contribution in [0.15, 0.2) is 16.6 Å². The van der Waals surface area contributed by atoms with Crippen LogP contribution in [0.2, 0.25) is 0 Å². The molecule has 0 radical (unpaired) electrons. The molecule has 3 nitrogen and oxygen atoms in total. The van der Waals surface area contributed by atoms with Gasteiger partial charge < -0.3 is 14.6 Å². The van der Waals surface area contributed by atoms with E-state index < -0.39 is 6.10 Å². The zero-order valence-electron chi connectivity index (χ0n) is 9.87. The van der Waals surface area contributed by atoms with Gasteiger partial charge in [0.15, 0.2) is 0 Å². The van der Waals surface area contributed by atoms with Gasteiger partial charge in [-0.1, -0.05) is 0 Å². The summed E-state index contributed by atoms with van der Waals surface area (Å²) >= 11 is 9.02. The molecular weight excluding hydrogens is 307 g/mol. The second-order valence-electron chi connectivity index (χ2n) is 3.55. The highest BCUT2D eigenvalue weighted by atomic mass is 79.9. The van der Waals surface area contributed by atoms with Crippen molar-refractivity contribution in [3.63, 3.8) is 0 Å². The number of benzene rings is 1. The first-order valence-electron chi connectivity index (χ1n) is 5.30. The maximum Gasteiger partial charge on any atom is 0.142 e. The molecule has 5 heteroatoms. The molecule has 0 aliphatic rings. The van der Waals surface area contributed by atoms with Gasteiger partial charge in [-0.05, 0) is 40.9 Å².